The van der Waals surface area contributed by atoms with Crippen molar-refractivity contribution < 1.29 is 8.78 Å². The lowest BCUT2D eigenvalue weighted by Crippen LogP contribution is -2.09. The summed E-state index contributed by atoms with van der Waals surface area (Å²) in [6.45, 7) is 1.88. The number of alkyl halides is 2. The number of benzene rings is 1. The molecule has 0 aromatic heterocycles. The lowest BCUT2D eigenvalue weighted by molar-refractivity contribution is 0.224. The van der Waals surface area contributed by atoms with Gasteiger partial charge >= 0.3 is 0 Å². The van der Waals surface area contributed by atoms with E-state index in [-0.39, 0.29) is 12.1 Å². The van der Waals surface area contributed by atoms with E-state index < -0.39 is 6.43 Å². The molecule has 1 nitrogen and oxygen atoms in total. The topological polar surface area (TPSA) is 12.4 Å². The number of hydrogen-bond donors (Lipinski definition) is 0. The van der Waals surface area contributed by atoms with Crippen molar-refractivity contribution in [3.8, 4) is 0 Å². The highest BCUT2D eigenvalue weighted by molar-refractivity contribution is 9.10. The summed E-state index contributed by atoms with van der Waals surface area (Å²) in [7, 11) is 0. The minimum absolute atomic E-state index is 0.0324. The Morgan fingerprint density at radius 3 is 2.71 bits per heavy atom. The van der Waals surface area contributed by atoms with E-state index in [1.807, 2.05) is 19.1 Å². The van der Waals surface area contributed by atoms with Gasteiger partial charge in [0, 0.05) is 10.9 Å². The molecule has 0 saturated carbocycles. The molecule has 4 heteroatoms. The van der Waals surface area contributed by atoms with Gasteiger partial charge in [0.15, 0.2) is 0 Å². The second-order valence-corrected chi connectivity index (χ2v) is 4.13. The summed E-state index contributed by atoms with van der Waals surface area (Å²) in [4.78, 5) is 3.95. The summed E-state index contributed by atoms with van der Waals surface area (Å²) in [5, 5.41) is 0. The molecule has 0 fully saturated rings. The zero-order valence-electron chi connectivity index (χ0n) is 7.52. The lowest BCUT2D eigenvalue weighted by atomic mass is 10.1. The van der Waals surface area contributed by atoms with E-state index in [0.717, 1.165) is 15.6 Å². The third-order valence-electron chi connectivity index (χ3n) is 2.29. The van der Waals surface area contributed by atoms with Crippen LogP contribution in [0.15, 0.2) is 21.6 Å². The van der Waals surface area contributed by atoms with Crippen molar-refractivity contribution in [1.29, 1.82) is 0 Å². The van der Waals surface area contributed by atoms with Crippen LogP contribution >= 0.6 is 15.9 Å². The lowest BCUT2D eigenvalue weighted by Gasteiger charge is -2.02. The number of aryl methyl sites for hydroxylation is 1. The fourth-order valence-electron chi connectivity index (χ4n) is 1.54. The first-order valence-corrected chi connectivity index (χ1v) is 5.02. The maximum Gasteiger partial charge on any atom is 0.276 e. The molecule has 1 aromatic rings. The van der Waals surface area contributed by atoms with Crippen LogP contribution in [0.5, 0.6) is 0 Å². The molecule has 14 heavy (non-hydrogen) atoms. The molecule has 1 heterocycles. The van der Waals surface area contributed by atoms with Crippen molar-refractivity contribution in [2.24, 2.45) is 4.99 Å². The van der Waals surface area contributed by atoms with E-state index >= 15 is 0 Å². The number of rotatable bonds is 1. The van der Waals surface area contributed by atoms with Gasteiger partial charge in [0.2, 0.25) is 0 Å². The first kappa shape index (κ1) is 9.77. The molecule has 1 aliphatic heterocycles. The van der Waals surface area contributed by atoms with Crippen LogP contribution in [0.25, 0.3) is 0 Å². The second-order valence-electron chi connectivity index (χ2n) is 3.27. The van der Waals surface area contributed by atoms with Gasteiger partial charge in [-0.3, -0.25) is 4.99 Å². The third kappa shape index (κ3) is 1.47. The molecule has 74 valence electrons. The van der Waals surface area contributed by atoms with Crippen molar-refractivity contribution in [1.82, 2.24) is 0 Å². The Kier molecular flexibility index (Phi) is 2.39. The van der Waals surface area contributed by atoms with Gasteiger partial charge in [-0.2, -0.15) is 0 Å². The van der Waals surface area contributed by atoms with E-state index in [2.05, 4.69) is 20.9 Å². The van der Waals surface area contributed by atoms with E-state index in [4.69, 9.17) is 0 Å². The van der Waals surface area contributed by atoms with Crippen LogP contribution in [0.1, 0.15) is 11.1 Å². The smallest absolute Gasteiger partial charge is 0.251 e. The SMILES string of the molecule is Cc1ccc(Br)c2c1N=C(C(F)F)C2. The van der Waals surface area contributed by atoms with Crippen LogP contribution in [0.3, 0.4) is 0 Å². The number of nitrogens with zero attached hydrogens (tertiary/aromatic N) is 1. The Balaban J connectivity index is 2.50. The normalized spacial score (nSPS) is 14.5. The van der Waals surface area contributed by atoms with E-state index in [9.17, 15) is 8.78 Å². The highest BCUT2D eigenvalue weighted by Gasteiger charge is 2.24. The molecular weight excluding hydrogens is 252 g/mol. The summed E-state index contributed by atoms with van der Waals surface area (Å²) < 4.78 is 25.7. The zero-order chi connectivity index (χ0) is 10.3. The van der Waals surface area contributed by atoms with E-state index in [1.54, 1.807) is 0 Å². The van der Waals surface area contributed by atoms with Crippen molar-refractivity contribution in [2.45, 2.75) is 19.8 Å². The fourth-order valence-corrected chi connectivity index (χ4v) is 2.00. The van der Waals surface area contributed by atoms with Gasteiger partial charge in [-0.15, -0.1) is 0 Å². The van der Waals surface area contributed by atoms with Gasteiger partial charge in [0.1, 0.15) is 0 Å². The molecule has 0 spiro atoms. The molecule has 0 saturated heterocycles. The van der Waals surface area contributed by atoms with Crippen LogP contribution in [0.2, 0.25) is 0 Å². The van der Waals surface area contributed by atoms with Crippen molar-refractivity contribution in [3.05, 3.63) is 27.7 Å². The monoisotopic (exact) mass is 259 g/mol. The average molecular weight is 260 g/mol. The fraction of sp³-hybridized carbons (Fsp3) is 0.300. The highest BCUT2D eigenvalue weighted by atomic mass is 79.9. The Labute approximate surface area is 89.0 Å². The number of fused-ring (bicyclic) bond motifs is 1. The highest BCUT2D eigenvalue weighted by Crippen LogP contribution is 2.36. The Morgan fingerprint density at radius 1 is 1.43 bits per heavy atom. The molecule has 0 aliphatic carbocycles. The number of hydrogen-bond acceptors (Lipinski definition) is 1. The molecule has 0 radical (unpaired) electrons. The van der Waals surface area contributed by atoms with E-state index in [1.165, 1.54) is 0 Å². The largest absolute Gasteiger partial charge is 0.276 e. The molecule has 0 N–H and O–H groups in total. The van der Waals surface area contributed by atoms with Crippen LogP contribution in [-0.4, -0.2) is 12.1 Å². The molecule has 2 rings (SSSR count). The predicted molar refractivity (Wildman–Crippen MR) is 55.7 cm³/mol. The van der Waals surface area contributed by atoms with Crippen LogP contribution in [-0.2, 0) is 6.42 Å². The summed E-state index contributed by atoms with van der Waals surface area (Å²) in [6.07, 6.45) is -2.19. The number of halogens is 3. The Bertz CT molecular complexity index is 413. The summed E-state index contributed by atoms with van der Waals surface area (Å²) in [6, 6.07) is 3.75. The molecular formula is C10H8BrF2N. The van der Waals surface area contributed by atoms with Crippen molar-refractivity contribution in [3.63, 3.8) is 0 Å². The third-order valence-corrected chi connectivity index (χ3v) is 3.04. The van der Waals surface area contributed by atoms with Gasteiger partial charge in [0.05, 0.1) is 11.4 Å². The van der Waals surface area contributed by atoms with E-state index in [0.29, 0.717) is 5.69 Å². The average Bonchev–Trinajstić information content (AvgIpc) is 2.57. The first-order chi connectivity index (χ1) is 6.59. The zero-order valence-corrected chi connectivity index (χ0v) is 9.11. The molecule has 1 aromatic carbocycles. The minimum Gasteiger partial charge on any atom is -0.251 e. The van der Waals surface area contributed by atoms with Crippen LogP contribution in [0, 0.1) is 6.92 Å². The van der Waals surface area contributed by atoms with Crippen LogP contribution in [0.4, 0.5) is 14.5 Å². The van der Waals surface area contributed by atoms with Crippen LogP contribution < -0.4 is 0 Å². The van der Waals surface area contributed by atoms with Crippen molar-refractivity contribution in [2.75, 3.05) is 0 Å². The first-order valence-electron chi connectivity index (χ1n) is 4.23. The van der Waals surface area contributed by atoms with Gasteiger partial charge in [-0.25, -0.2) is 8.78 Å². The second kappa shape index (κ2) is 3.42. The summed E-state index contributed by atoms with van der Waals surface area (Å²) in [5.41, 5.74) is 2.49. The Morgan fingerprint density at radius 2 is 2.14 bits per heavy atom. The van der Waals surface area contributed by atoms with Crippen molar-refractivity contribution >= 4 is 27.3 Å². The molecule has 0 bridgehead atoms. The molecule has 0 amide bonds. The van der Waals surface area contributed by atoms with Gasteiger partial charge in [-0.1, -0.05) is 22.0 Å². The van der Waals surface area contributed by atoms with Gasteiger partial charge in [-0.05, 0) is 24.1 Å². The molecule has 0 unspecified atom stereocenters. The Hall–Kier alpha value is -0.770. The maximum absolute atomic E-state index is 12.4. The standard InChI is InChI=1S/C10H8BrF2N/c1-5-2-3-7(11)6-4-8(10(12)13)14-9(5)6/h2-3,10H,4H2,1H3. The molecule has 0 atom stereocenters. The maximum atomic E-state index is 12.4. The minimum atomic E-state index is -2.45. The number of aliphatic imine (C=N–C) groups is 1. The quantitative estimate of drug-likeness (QED) is 0.730. The predicted octanol–water partition coefficient (Wildman–Crippen LogP) is 3.65. The summed E-state index contributed by atoms with van der Waals surface area (Å²) >= 11 is 3.34. The molecule has 1 aliphatic rings. The van der Waals surface area contributed by atoms with Gasteiger partial charge < -0.3 is 0 Å². The van der Waals surface area contributed by atoms with Gasteiger partial charge in [0.25, 0.3) is 6.43 Å². The summed E-state index contributed by atoms with van der Waals surface area (Å²) in [5.74, 6) is 0.